The number of hydrogen-bond acceptors (Lipinski definition) is 4. The molecule has 0 aliphatic heterocycles. The van der Waals surface area contributed by atoms with E-state index in [2.05, 4.69) is 4.74 Å². The van der Waals surface area contributed by atoms with Crippen molar-refractivity contribution in [1.82, 2.24) is 0 Å². The third-order valence-corrected chi connectivity index (χ3v) is 1.24. The number of allylic oxidation sites excluding steroid dienone is 1. The van der Waals surface area contributed by atoms with Crippen LogP contribution in [0.4, 0.5) is 0 Å². The number of rotatable bonds is 4. The second kappa shape index (κ2) is 5.46. The van der Waals surface area contributed by atoms with Crippen LogP contribution in [0.2, 0.25) is 0 Å². The smallest absolute Gasteiger partial charge is 0.357 e. The third-order valence-electron chi connectivity index (χ3n) is 1.24. The maximum Gasteiger partial charge on any atom is 0.357 e. The van der Waals surface area contributed by atoms with E-state index in [4.69, 9.17) is 10.5 Å². The van der Waals surface area contributed by atoms with Gasteiger partial charge in [-0.15, -0.1) is 0 Å². The number of esters is 1. The highest BCUT2D eigenvalue weighted by Gasteiger charge is 2.09. The lowest BCUT2D eigenvalue weighted by atomic mass is 10.4. The Morgan fingerprint density at radius 2 is 1.75 bits per heavy atom. The van der Waals surface area contributed by atoms with Crippen molar-refractivity contribution in [2.75, 3.05) is 13.2 Å². The van der Waals surface area contributed by atoms with Gasteiger partial charge in [-0.05, 0) is 20.8 Å². The summed E-state index contributed by atoms with van der Waals surface area (Å²) in [6.07, 6.45) is 0. The van der Waals surface area contributed by atoms with Gasteiger partial charge in [0.15, 0.2) is 5.70 Å². The predicted octanol–water partition coefficient (Wildman–Crippen LogP) is 0.776. The lowest BCUT2D eigenvalue weighted by Gasteiger charge is -2.06. The summed E-state index contributed by atoms with van der Waals surface area (Å²) in [6, 6.07) is 0. The molecule has 0 aliphatic rings. The molecular formula is C8H15NO3. The molecule has 0 bridgehead atoms. The summed E-state index contributed by atoms with van der Waals surface area (Å²) < 4.78 is 9.69. The van der Waals surface area contributed by atoms with Gasteiger partial charge in [-0.25, -0.2) is 4.79 Å². The van der Waals surface area contributed by atoms with Crippen molar-refractivity contribution in [3.8, 4) is 0 Å². The van der Waals surface area contributed by atoms with E-state index in [1.165, 1.54) is 0 Å². The molecule has 0 saturated carbocycles. The fourth-order valence-electron chi connectivity index (χ4n) is 0.647. The van der Waals surface area contributed by atoms with E-state index in [9.17, 15) is 4.79 Å². The summed E-state index contributed by atoms with van der Waals surface area (Å²) in [5.41, 5.74) is 5.45. The van der Waals surface area contributed by atoms with Crippen LogP contribution in [0.25, 0.3) is 0 Å². The van der Waals surface area contributed by atoms with Gasteiger partial charge in [0, 0.05) is 0 Å². The second-order valence-corrected chi connectivity index (χ2v) is 2.12. The molecule has 70 valence electrons. The van der Waals surface area contributed by atoms with Crippen LogP contribution in [0.5, 0.6) is 0 Å². The fourth-order valence-corrected chi connectivity index (χ4v) is 0.647. The molecule has 0 radical (unpaired) electrons. The highest BCUT2D eigenvalue weighted by atomic mass is 16.5. The molecule has 4 heteroatoms. The average Bonchev–Trinajstić information content (AvgIpc) is 2.04. The Kier molecular flexibility index (Phi) is 4.92. The quantitative estimate of drug-likeness (QED) is 0.387. The van der Waals surface area contributed by atoms with Crippen molar-refractivity contribution in [3.05, 3.63) is 11.5 Å². The highest BCUT2D eigenvalue weighted by Crippen LogP contribution is 2.01. The molecule has 0 saturated heterocycles. The molecule has 0 rings (SSSR count). The van der Waals surface area contributed by atoms with Gasteiger partial charge in [0.25, 0.3) is 0 Å². The molecule has 12 heavy (non-hydrogen) atoms. The topological polar surface area (TPSA) is 61.5 Å². The van der Waals surface area contributed by atoms with E-state index < -0.39 is 5.97 Å². The van der Waals surface area contributed by atoms with Crippen LogP contribution < -0.4 is 5.73 Å². The summed E-state index contributed by atoms with van der Waals surface area (Å²) in [7, 11) is 0. The van der Waals surface area contributed by atoms with Gasteiger partial charge in [-0.3, -0.25) is 0 Å². The molecule has 0 atom stereocenters. The first kappa shape index (κ1) is 10.8. The summed E-state index contributed by atoms with van der Waals surface area (Å²) in [6.45, 7) is 5.99. The van der Waals surface area contributed by atoms with E-state index in [-0.39, 0.29) is 5.70 Å². The molecule has 0 amide bonds. The Hall–Kier alpha value is -1.19. The molecule has 0 aromatic carbocycles. The van der Waals surface area contributed by atoms with Crippen LogP contribution in [0, 0.1) is 0 Å². The summed E-state index contributed by atoms with van der Waals surface area (Å²) >= 11 is 0. The largest absolute Gasteiger partial charge is 0.496 e. The zero-order valence-corrected chi connectivity index (χ0v) is 7.72. The summed E-state index contributed by atoms with van der Waals surface area (Å²) in [5.74, 6) is -0.112. The Morgan fingerprint density at radius 1 is 1.25 bits per heavy atom. The molecule has 0 aromatic heterocycles. The van der Waals surface area contributed by atoms with Crippen molar-refractivity contribution in [2.45, 2.75) is 20.8 Å². The first-order chi connectivity index (χ1) is 5.63. The first-order valence-electron chi connectivity index (χ1n) is 3.89. The zero-order chi connectivity index (χ0) is 9.56. The summed E-state index contributed by atoms with van der Waals surface area (Å²) in [5, 5.41) is 0. The Morgan fingerprint density at radius 3 is 2.17 bits per heavy atom. The maximum absolute atomic E-state index is 11.0. The van der Waals surface area contributed by atoms with Crippen molar-refractivity contribution < 1.29 is 14.3 Å². The second-order valence-electron chi connectivity index (χ2n) is 2.12. The van der Waals surface area contributed by atoms with Crippen LogP contribution in [-0.4, -0.2) is 19.2 Å². The van der Waals surface area contributed by atoms with Crippen molar-refractivity contribution in [2.24, 2.45) is 5.73 Å². The monoisotopic (exact) mass is 173 g/mol. The molecule has 0 heterocycles. The van der Waals surface area contributed by atoms with Crippen LogP contribution in [0.15, 0.2) is 11.5 Å². The number of carbonyl (C=O) groups excluding carboxylic acids is 1. The minimum Gasteiger partial charge on any atom is -0.496 e. The Labute approximate surface area is 72.3 Å². The number of hydrogen-bond donors (Lipinski definition) is 1. The maximum atomic E-state index is 11.0. The summed E-state index contributed by atoms with van der Waals surface area (Å²) in [4.78, 5) is 11.0. The molecule has 0 aromatic rings. The Balaban J connectivity index is 4.22. The lowest BCUT2D eigenvalue weighted by molar-refractivity contribution is -0.138. The van der Waals surface area contributed by atoms with Gasteiger partial charge >= 0.3 is 5.97 Å². The van der Waals surface area contributed by atoms with Crippen LogP contribution >= 0.6 is 0 Å². The molecule has 0 unspecified atom stereocenters. The first-order valence-corrected chi connectivity index (χ1v) is 3.89. The van der Waals surface area contributed by atoms with E-state index in [1.54, 1.807) is 13.8 Å². The van der Waals surface area contributed by atoms with E-state index in [0.717, 1.165) is 0 Å². The van der Waals surface area contributed by atoms with Crippen molar-refractivity contribution in [1.29, 1.82) is 0 Å². The molecular weight excluding hydrogens is 158 g/mol. The van der Waals surface area contributed by atoms with Gasteiger partial charge in [0.1, 0.15) is 5.76 Å². The zero-order valence-electron chi connectivity index (χ0n) is 7.72. The van der Waals surface area contributed by atoms with E-state index in [1.807, 2.05) is 6.92 Å². The van der Waals surface area contributed by atoms with E-state index in [0.29, 0.717) is 19.0 Å². The predicted molar refractivity (Wildman–Crippen MR) is 45.1 cm³/mol. The van der Waals surface area contributed by atoms with Gasteiger partial charge in [0.05, 0.1) is 13.2 Å². The van der Waals surface area contributed by atoms with Gasteiger partial charge in [0.2, 0.25) is 0 Å². The number of carbonyl (C=O) groups is 1. The normalized spacial score (nSPS) is 11.9. The molecule has 4 nitrogen and oxygen atoms in total. The van der Waals surface area contributed by atoms with Crippen LogP contribution in [0.1, 0.15) is 20.8 Å². The van der Waals surface area contributed by atoms with Gasteiger partial charge in [-0.2, -0.15) is 0 Å². The minimum absolute atomic E-state index is 0.0405. The van der Waals surface area contributed by atoms with Crippen LogP contribution in [-0.2, 0) is 14.3 Å². The fraction of sp³-hybridized carbons (Fsp3) is 0.625. The lowest BCUT2D eigenvalue weighted by Crippen LogP contribution is -2.17. The van der Waals surface area contributed by atoms with Gasteiger partial charge < -0.3 is 15.2 Å². The Bertz CT molecular complexity index is 187. The molecule has 0 fully saturated rings. The minimum atomic E-state index is -0.525. The van der Waals surface area contributed by atoms with Gasteiger partial charge in [-0.1, -0.05) is 0 Å². The third kappa shape index (κ3) is 3.27. The van der Waals surface area contributed by atoms with E-state index >= 15 is 0 Å². The van der Waals surface area contributed by atoms with Crippen molar-refractivity contribution in [3.63, 3.8) is 0 Å². The highest BCUT2D eigenvalue weighted by molar-refractivity contribution is 5.87. The number of nitrogens with two attached hydrogens (primary N) is 1. The average molecular weight is 173 g/mol. The molecule has 0 spiro atoms. The molecule has 0 aliphatic carbocycles. The standard InChI is InChI=1S/C8H15NO3/c1-4-11-6(3)7(9)8(10)12-5-2/h4-5,9H2,1-3H3/b7-6+. The number of ether oxygens (including phenoxy) is 2. The van der Waals surface area contributed by atoms with Crippen molar-refractivity contribution >= 4 is 5.97 Å². The SMILES string of the molecule is CCOC(=O)/C(N)=C(/C)OCC. The molecule has 2 N–H and O–H groups in total. The van der Waals surface area contributed by atoms with Crippen LogP contribution in [0.3, 0.4) is 0 Å².